The van der Waals surface area contributed by atoms with Gasteiger partial charge in [0, 0.05) is 10.1 Å². The summed E-state index contributed by atoms with van der Waals surface area (Å²) in [5.74, 6) is -1.25. The van der Waals surface area contributed by atoms with Gasteiger partial charge in [0.05, 0.1) is 23.2 Å². The van der Waals surface area contributed by atoms with E-state index in [2.05, 4.69) is 9.84 Å². The zero-order chi connectivity index (χ0) is 22.2. The predicted molar refractivity (Wildman–Crippen MR) is 109 cm³/mol. The normalized spacial score (nSPS) is 13.9. The van der Waals surface area contributed by atoms with Gasteiger partial charge in [-0.3, -0.25) is 4.79 Å². The molecule has 31 heavy (non-hydrogen) atoms. The Balaban J connectivity index is 1.88. The van der Waals surface area contributed by atoms with Gasteiger partial charge < -0.3 is 9.47 Å². The summed E-state index contributed by atoms with van der Waals surface area (Å²) in [5, 5.41) is 4.93. The van der Waals surface area contributed by atoms with Gasteiger partial charge in [-0.05, 0) is 56.2 Å². The van der Waals surface area contributed by atoms with Crippen LogP contribution in [0.4, 0.5) is 13.2 Å². The Morgan fingerprint density at radius 1 is 1.19 bits per heavy atom. The van der Waals surface area contributed by atoms with E-state index in [1.54, 1.807) is 30.8 Å². The van der Waals surface area contributed by atoms with Crippen LogP contribution in [0.2, 0.25) is 0 Å². The van der Waals surface area contributed by atoms with Gasteiger partial charge in [0.2, 0.25) is 11.1 Å². The first-order chi connectivity index (χ1) is 14.8. The van der Waals surface area contributed by atoms with Crippen molar-refractivity contribution in [2.75, 3.05) is 6.61 Å². The zero-order valence-electron chi connectivity index (χ0n) is 16.3. The molecule has 0 atom stereocenters. The van der Waals surface area contributed by atoms with Crippen LogP contribution >= 0.6 is 11.8 Å². The summed E-state index contributed by atoms with van der Waals surface area (Å²) in [6.07, 6.45) is -2.71. The number of benzene rings is 2. The number of ether oxygens (including phenoxy) is 2. The summed E-state index contributed by atoms with van der Waals surface area (Å²) in [5.41, 5.74) is -0.119. The minimum atomic E-state index is -4.81. The SMILES string of the molecule is CCOC(=O)c1nn(-c2ccc(OC(F)(F)F)cc2)c2cccc(SC3CC3)c2c1=O. The van der Waals surface area contributed by atoms with Crippen LogP contribution in [0.5, 0.6) is 5.75 Å². The lowest BCUT2D eigenvalue weighted by atomic mass is 10.2. The van der Waals surface area contributed by atoms with E-state index in [-0.39, 0.29) is 12.3 Å². The largest absolute Gasteiger partial charge is 0.573 e. The van der Waals surface area contributed by atoms with Gasteiger partial charge in [0.1, 0.15) is 5.75 Å². The molecule has 1 heterocycles. The lowest BCUT2D eigenvalue weighted by Gasteiger charge is -2.15. The van der Waals surface area contributed by atoms with Crippen molar-refractivity contribution >= 4 is 28.6 Å². The smallest absolute Gasteiger partial charge is 0.461 e. The second-order valence-electron chi connectivity index (χ2n) is 6.82. The van der Waals surface area contributed by atoms with Crippen LogP contribution in [0.1, 0.15) is 30.3 Å². The molecule has 162 valence electrons. The number of fused-ring (bicyclic) bond motifs is 1. The molecule has 1 saturated carbocycles. The number of thioether (sulfide) groups is 1. The number of hydrogen-bond acceptors (Lipinski definition) is 6. The van der Waals surface area contributed by atoms with E-state index in [0.717, 1.165) is 29.9 Å². The lowest BCUT2D eigenvalue weighted by molar-refractivity contribution is -0.274. The molecule has 0 radical (unpaired) electrons. The average molecular weight is 450 g/mol. The second-order valence-corrected chi connectivity index (χ2v) is 8.16. The highest BCUT2D eigenvalue weighted by Crippen LogP contribution is 2.41. The fourth-order valence-corrected chi connectivity index (χ4v) is 4.23. The molecular weight excluding hydrogens is 433 g/mol. The maximum Gasteiger partial charge on any atom is 0.573 e. The van der Waals surface area contributed by atoms with Crippen molar-refractivity contribution in [1.82, 2.24) is 9.78 Å². The lowest BCUT2D eigenvalue weighted by Crippen LogP contribution is -2.24. The van der Waals surface area contributed by atoms with Crippen molar-refractivity contribution in [2.24, 2.45) is 0 Å². The van der Waals surface area contributed by atoms with E-state index in [4.69, 9.17) is 4.74 Å². The molecule has 0 spiro atoms. The standard InChI is InChI=1S/C21H17F3N2O4S/c1-2-29-20(28)18-19(27)17-15(4-3-5-16(17)31-14-10-11-14)26(25-18)12-6-8-13(9-7-12)30-21(22,23)24/h3-9,14H,2,10-11H2,1H3. The number of alkyl halides is 3. The maximum absolute atomic E-state index is 13.1. The summed E-state index contributed by atoms with van der Waals surface area (Å²) < 4.78 is 47.6. The highest BCUT2D eigenvalue weighted by atomic mass is 32.2. The minimum absolute atomic E-state index is 0.0694. The van der Waals surface area contributed by atoms with E-state index < -0.39 is 23.5 Å². The van der Waals surface area contributed by atoms with Gasteiger partial charge >= 0.3 is 12.3 Å². The molecule has 6 nitrogen and oxygen atoms in total. The molecule has 1 aliphatic rings. The number of rotatable bonds is 6. The van der Waals surface area contributed by atoms with Gasteiger partial charge in [0.25, 0.3) is 0 Å². The topological polar surface area (TPSA) is 70.4 Å². The van der Waals surface area contributed by atoms with E-state index in [9.17, 15) is 22.8 Å². The molecule has 10 heteroatoms. The van der Waals surface area contributed by atoms with Crippen LogP contribution < -0.4 is 10.2 Å². The van der Waals surface area contributed by atoms with E-state index >= 15 is 0 Å². The zero-order valence-corrected chi connectivity index (χ0v) is 17.1. The summed E-state index contributed by atoms with van der Waals surface area (Å²) in [6, 6.07) is 10.3. The van der Waals surface area contributed by atoms with Gasteiger partial charge in [-0.1, -0.05) is 6.07 Å². The van der Waals surface area contributed by atoms with E-state index in [0.29, 0.717) is 21.8 Å². The Morgan fingerprint density at radius 2 is 1.90 bits per heavy atom. The Bertz CT molecular complexity index is 1190. The third kappa shape index (κ3) is 4.68. The number of halogens is 3. The molecule has 0 aliphatic heterocycles. The average Bonchev–Trinajstić information content (AvgIpc) is 3.52. The molecule has 1 aliphatic carbocycles. The van der Waals surface area contributed by atoms with Crippen LogP contribution in [-0.4, -0.2) is 34.0 Å². The monoisotopic (exact) mass is 450 g/mol. The molecule has 0 bridgehead atoms. The molecule has 1 fully saturated rings. The van der Waals surface area contributed by atoms with Crippen LogP contribution in [0.25, 0.3) is 16.6 Å². The van der Waals surface area contributed by atoms with Crippen molar-refractivity contribution < 1.29 is 27.4 Å². The fourth-order valence-electron chi connectivity index (χ4n) is 3.02. The number of aromatic nitrogens is 2. The highest BCUT2D eigenvalue weighted by molar-refractivity contribution is 8.00. The quantitative estimate of drug-likeness (QED) is 0.507. The third-order valence-corrected chi connectivity index (χ3v) is 5.88. The first kappa shape index (κ1) is 21.2. The first-order valence-electron chi connectivity index (χ1n) is 9.53. The van der Waals surface area contributed by atoms with Gasteiger partial charge in [0.15, 0.2) is 0 Å². The van der Waals surface area contributed by atoms with Crippen molar-refractivity contribution in [3.8, 4) is 11.4 Å². The maximum atomic E-state index is 13.1. The molecule has 4 rings (SSSR count). The molecule has 2 aromatic carbocycles. The van der Waals surface area contributed by atoms with E-state index in [1.165, 1.54) is 16.8 Å². The molecule has 0 unspecified atom stereocenters. The molecule has 0 N–H and O–H groups in total. The van der Waals surface area contributed by atoms with Gasteiger partial charge in [-0.2, -0.15) is 5.10 Å². The Labute approximate surface area is 179 Å². The molecule has 0 amide bonds. The summed E-state index contributed by atoms with van der Waals surface area (Å²) >= 11 is 1.56. The van der Waals surface area contributed by atoms with Crippen LogP contribution in [-0.2, 0) is 4.74 Å². The molecular formula is C21H17F3N2O4S. The minimum Gasteiger partial charge on any atom is -0.461 e. The molecule has 3 aromatic rings. The Kier molecular flexibility index (Phi) is 5.65. The van der Waals surface area contributed by atoms with Crippen molar-refractivity contribution in [2.45, 2.75) is 36.3 Å². The second kappa shape index (κ2) is 8.26. The van der Waals surface area contributed by atoms with Gasteiger partial charge in [-0.15, -0.1) is 24.9 Å². The Hall–Kier alpha value is -3.01. The van der Waals surface area contributed by atoms with Crippen LogP contribution in [0.3, 0.4) is 0 Å². The van der Waals surface area contributed by atoms with Crippen LogP contribution in [0.15, 0.2) is 52.2 Å². The molecule has 1 aromatic heterocycles. The van der Waals surface area contributed by atoms with Crippen molar-refractivity contribution in [1.29, 1.82) is 0 Å². The predicted octanol–water partition coefficient (Wildman–Crippen LogP) is 4.72. The summed E-state index contributed by atoms with van der Waals surface area (Å²) in [7, 11) is 0. The number of carbonyl (C=O) groups is 1. The summed E-state index contributed by atoms with van der Waals surface area (Å²) in [6.45, 7) is 1.69. The first-order valence-corrected chi connectivity index (χ1v) is 10.4. The number of carbonyl (C=O) groups excluding carboxylic acids is 1. The fraction of sp³-hybridized carbons (Fsp3) is 0.286. The number of nitrogens with zero attached hydrogens (tertiary/aromatic N) is 2. The third-order valence-electron chi connectivity index (χ3n) is 4.48. The summed E-state index contributed by atoms with van der Waals surface area (Å²) in [4.78, 5) is 26.3. The Morgan fingerprint density at radius 3 is 2.52 bits per heavy atom. The van der Waals surface area contributed by atoms with E-state index in [1.807, 2.05) is 6.07 Å². The molecule has 0 saturated heterocycles. The highest BCUT2D eigenvalue weighted by Gasteiger charge is 2.31. The van der Waals surface area contributed by atoms with Crippen molar-refractivity contribution in [3.05, 3.63) is 58.4 Å². The van der Waals surface area contributed by atoms with Crippen molar-refractivity contribution in [3.63, 3.8) is 0 Å². The van der Waals surface area contributed by atoms with Crippen LogP contribution in [0, 0.1) is 0 Å². The van der Waals surface area contributed by atoms with Gasteiger partial charge in [-0.25, -0.2) is 9.48 Å². The number of hydrogen-bond donors (Lipinski definition) is 0. The number of esters is 1.